The molecule has 0 saturated heterocycles. The van der Waals surface area contributed by atoms with E-state index < -0.39 is 10.0 Å². The molecule has 1 aromatic heterocycles. The predicted octanol–water partition coefficient (Wildman–Crippen LogP) is 3.17. The van der Waals surface area contributed by atoms with Gasteiger partial charge in [-0.15, -0.1) is 11.3 Å². The van der Waals surface area contributed by atoms with Crippen LogP contribution >= 0.6 is 11.3 Å². The van der Waals surface area contributed by atoms with Crippen molar-refractivity contribution in [2.45, 2.75) is 69.9 Å². The zero-order chi connectivity index (χ0) is 15.5. The van der Waals surface area contributed by atoms with Gasteiger partial charge in [-0.3, -0.25) is 0 Å². The molecule has 0 unspecified atom stereocenters. The molecule has 21 heavy (non-hydrogen) atoms. The van der Waals surface area contributed by atoms with Gasteiger partial charge in [0.05, 0.1) is 0 Å². The van der Waals surface area contributed by atoms with Crippen molar-refractivity contribution < 1.29 is 8.42 Å². The molecular formula is C15H26N2O2S2. The van der Waals surface area contributed by atoms with Gasteiger partial charge in [-0.05, 0) is 44.2 Å². The maximum Gasteiger partial charge on any atom is 0.242 e. The first kappa shape index (κ1) is 16.9. The Kier molecular flexibility index (Phi) is 5.46. The Morgan fingerprint density at radius 3 is 2.57 bits per heavy atom. The van der Waals surface area contributed by atoms with Crippen molar-refractivity contribution in [3.8, 4) is 0 Å². The summed E-state index contributed by atoms with van der Waals surface area (Å²) in [7, 11) is -3.45. The molecular weight excluding hydrogens is 304 g/mol. The van der Waals surface area contributed by atoms with E-state index in [1.165, 1.54) is 17.8 Å². The van der Waals surface area contributed by atoms with Crippen LogP contribution in [0.2, 0.25) is 0 Å². The molecule has 1 aliphatic carbocycles. The normalized spacial score (nSPS) is 18.8. The Morgan fingerprint density at radius 2 is 1.95 bits per heavy atom. The van der Waals surface area contributed by atoms with Gasteiger partial charge in [0.1, 0.15) is 4.90 Å². The zero-order valence-corrected chi connectivity index (χ0v) is 14.8. The fourth-order valence-corrected chi connectivity index (χ4v) is 6.27. The summed E-state index contributed by atoms with van der Waals surface area (Å²) in [6, 6.07) is 0. The second kappa shape index (κ2) is 6.77. The van der Waals surface area contributed by atoms with Crippen LogP contribution in [0, 0.1) is 6.92 Å². The summed E-state index contributed by atoms with van der Waals surface area (Å²) in [5.74, 6) is 0. The molecule has 0 amide bonds. The van der Waals surface area contributed by atoms with Crippen LogP contribution < -0.4 is 10.0 Å². The SMILES string of the molecule is CCNCc1scc(C)c1S(=O)(=O)NC1(C)CCCCC1. The zero-order valence-electron chi connectivity index (χ0n) is 13.2. The number of sulfonamides is 1. The smallest absolute Gasteiger partial charge is 0.242 e. The monoisotopic (exact) mass is 330 g/mol. The molecule has 1 aromatic rings. The Labute approximate surface area is 132 Å². The lowest BCUT2D eigenvalue weighted by atomic mass is 9.84. The van der Waals surface area contributed by atoms with Crippen molar-refractivity contribution in [3.63, 3.8) is 0 Å². The minimum Gasteiger partial charge on any atom is -0.312 e. The maximum atomic E-state index is 12.8. The number of hydrogen-bond donors (Lipinski definition) is 2. The molecule has 2 N–H and O–H groups in total. The first-order valence-corrected chi connectivity index (χ1v) is 10.1. The molecule has 1 saturated carbocycles. The standard InChI is InChI=1S/C15H26N2O2S2/c1-4-16-10-13-14(12(2)11-20-13)21(18,19)17-15(3)8-6-5-7-9-15/h11,16-17H,4-10H2,1-3H3. The predicted molar refractivity (Wildman–Crippen MR) is 88.2 cm³/mol. The van der Waals surface area contributed by atoms with Gasteiger partial charge in [0.15, 0.2) is 0 Å². The summed E-state index contributed by atoms with van der Waals surface area (Å²) < 4.78 is 28.7. The highest BCUT2D eigenvalue weighted by atomic mass is 32.2. The fraction of sp³-hybridized carbons (Fsp3) is 0.733. The van der Waals surface area contributed by atoms with Crippen LogP contribution in [0.5, 0.6) is 0 Å². The average molecular weight is 331 g/mol. The molecule has 2 rings (SSSR count). The molecule has 0 aromatic carbocycles. The van der Waals surface area contributed by atoms with Gasteiger partial charge in [0.25, 0.3) is 0 Å². The Hall–Kier alpha value is -0.430. The van der Waals surface area contributed by atoms with Crippen LogP contribution in [0.4, 0.5) is 0 Å². The third-order valence-corrected chi connectivity index (χ3v) is 7.23. The summed E-state index contributed by atoms with van der Waals surface area (Å²) in [5.41, 5.74) is 0.556. The van der Waals surface area contributed by atoms with Gasteiger partial charge in [-0.2, -0.15) is 0 Å². The first-order chi connectivity index (χ1) is 9.88. The van der Waals surface area contributed by atoms with Gasteiger partial charge >= 0.3 is 0 Å². The molecule has 120 valence electrons. The van der Waals surface area contributed by atoms with E-state index >= 15 is 0 Å². The third-order valence-electron chi connectivity index (χ3n) is 4.13. The molecule has 1 fully saturated rings. The third kappa shape index (κ3) is 4.06. The van der Waals surface area contributed by atoms with Crippen molar-refractivity contribution in [3.05, 3.63) is 15.8 Å². The van der Waals surface area contributed by atoms with E-state index in [1.54, 1.807) is 0 Å². The summed E-state index contributed by atoms with van der Waals surface area (Å²) >= 11 is 1.52. The second-order valence-electron chi connectivity index (χ2n) is 6.18. The van der Waals surface area contributed by atoms with E-state index in [0.717, 1.165) is 42.7 Å². The molecule has 0 aliphatic heterocycles. The quantitative estimate of drug-likeness (QED) is 0.842. The molecule has 0 bridgehead atoms. The summed E-state index contributed by atoms with van der Waals surface area (Å²) in [6.07, 6.45) is 5.27. The van der Waals surface area contributed by atoms with E-state index in [9.17, 15) is 8.42 Å². The fourth-order valence-electron chi connectivity index (χ4n) is 3.02. The van der Waals surface area contributed by atoms with E-state index in [4.69, 9.17) is 0 Å². The largest absolute Gasteiger partial charge is 0.312 e. The molecule has 0 spiro atoms. The lowest BCUT2D eigenvalue weighted by Gasteiger charge is -2.34. The van der Waals surface area contributed by atoms with Crippen LogP contribution in [-0.4, -0.2) is 20.5 Å². The lowest BCUT2D eigenvalue weighted by molar-refractivity contribution is 0.294. The second-order valence-corrected chi connectivity index (χ2v) is 8.76. The van der Waals surface area contributed by atoms with Crippen LogP contribution in [0.1, 0.15) is 56.4 Å². The highest BCUT2D eigenvalue weighted by Gasteiger charge is 2.34. The summed E-state index contributed by atoms with van der Waals surface area (Å²) in [4.78, 5) is 1.39. The Balaban J connectivity index is 2.24. The van der Waals surface area contributed by atoms with Crippen LogP contribution in [0.25, 0.3) is 0 Å². The van der Waals surface area contributed by atoms with Crippen molar-refractivity contribution in [1.82, 2.24) is 10.0 Å². The van der Waals surface area contributed by atoms with Gasteiger partial charge in [-0.25, -0.2) is 13.1 Å². The van der Waals surface area contributed by atoms with Gasteiger partial charge in [0.2, 0.25) is 10.0 Å². The lowest BCUT2D eigenvalue weighted by Crippen LogP contribution is -2.47. The van der Waals surface area contributed by atoms with E-state index in [-0.39, 0.29) is 5.54 Å². The Morgan fingerprint density at radius 1 is 1.29 bits per heavy atom. The first-order valence-electron chi connectivity index (χ1n) is 7.69. The highest BCUT2D eigenvalue weighted by molar-refractivity contribution is 7.89. The van der Waals surface area contributed by atoms with Crippen molar-refractivity contribution in [1.29, 1.82) is 0 Å². The van der Waals surface area contributed by atoms with Crippen LogP contribution in [-0.2, 0) is 16.6 Å². The van der Waals surface area contributed by atoms with Gasteiger partial charge in [0, 0.05) is 17.0 Å². The van der Waals surface area contributed by atoms with Crippen molar-refractivity contribution in [2.24, 2.45) is 0 Å². The highest BCUT2D eigenvalue weighted by Crippen LogP contribution is 2.32. The molecule has 4 nitrogen and oxygen atoms in total. The van der Waals surface area contributed by atoms with Crippen molar-refractivity contribution in [2.75, 3.05) is 6.54 Å². The van der Waals surface area contributed by atoms with Crippen LogP contribution in [0.15, 0.2) is 10.3 Å². The molecule has 6 heteroatoms. The topological polar surface area (TPSA) is 58.2 Å². The number of hydrogen-bond acceptors (Lipinski definition) is 4. The molecule has 0 atom stereocenters. The maximum absolute atomic E-state index is 12.8. The summed E-state index contributed by atoms with van der Waals surface area (Å²) in [5, 5.41) is 5.16. The number of thiophene rings is 1. The number of aryl methyl sites for hydroxylation is 1. The van der Waals surface area contributed by atoms with E-state index in [1.807, 2.05) is 26.2 Å². The van der Waals surface area contributed by atoms with E-state index in [0.29, 0.717) is 11.4 Å². The number of rotatable bonds is 6. The van der Waals surface area contributed by atoms with Gasteiger partial charge < -0.3 is 5.32 Å². The van der Waals surface area contributed by atoms with E-state index in [2.05, 4.69) is 10.0 Å². The summed E-state index contributed by atoms with van der Waals surface area (Å²) in [6.45, 7) is 7.39. The molecule has 0 radical (unpaired) electrons. The Bertz CT molecular complexity index is 572. The average Bonchev–Trinajstić information content (AvgIpc) is 2.78. The van der Waals surface area contributed by atoms with Crippen LogP contribution in [0.3, 0.4) is 0 Å². The molecule has 1 aliphatic rings. The minimum absolute atomic E-state index is 0.291. The minimum atomic E-state index is -3.45. The van der Waals surface area contributed by atoms with Gasteiger partial charge in [-0.1, -0.05) is 26.2 Å². The van der Waals surface area contributed by atoms with Crippen molar-refractivity contribution >= 4 is 21.4 Å². The molecule has 1 heterocycles. The number of nitrogens with one attached hydrogen (secondary N) is 2.